The molecule has 0 saturated carbocycles. The van der Waals surface area contributed by atoms with E-state index < -0.39 is 10.0 Å². The van der Waals surface area contributed by atoms with Gasteiger partial charge in [0.25, 0.3) is 5.91 Å². The van der Waals surface area contributed by atoms with Crippen molar-refractivity contribution in [2.75, 3.05) is 21.1 Å². The molecule has 0 fully saturated rings. The van der Waals surface area contributed by atoms with E-state index in [2.05, 4.69) is 4.72 Å². The molecule has 0 atom stereocenters. The molecule has 0 aliphatic rings. The average Bonchev–Trinajstić information content (AvgIpc) is 2.27. The molecule has 1 aromatic rings. The maximum atomic E-state index is 11.9. The highest BCUT2D eigenvalue weighted by atomic mass is 127. The molecular formula is C10H13IN2O3S. The third kappa shape index (κ3) is 2.96. The molecule has 0 spiro atoms. The van der Waals surface area contributed by atoms with Gasteiger partial charge in [0.15, 0.2) is 0 Å². The molecule has 0 aromatic heterocycles. The SMILES string of the molecule is CNS(=O)(=O)c1c(I)cccc1C(=O)N(C)C. The number of benzene rings is 1. The van der Waals surface area contributed by atoms with E-state index in [1.54, 1.807) is 26.2 Å². The maximum Gasteiger partial charge on any atom is 0.254 e. The molecule has 0 radical (unpaired) electrons. The Balaban J connectivity index is 3.54. The third-order valence-corrected chi connectivity index (χ3v) is 4.92. The van der Waals surface area contributed by atoms with Gasteiger partial charge >= 0.3 is 0 Å². The zero-order chi connectivity index (χ0) is 13.2. The number of carbonyl (C=O) groups excluding carboxylic acids is 1. The summed E-state index contributed by atoms with van der Waals surface area (Å²) in [5, 5.41) is 0. The second-order valence-electron chi connectivity index (χ2n) is 3.52. The number of amides is 1. The minimum atomic E-state index is -3.64. The number of carbonyl (C=O) groups is 1. The summed E-state index contributed by atoms with van der Waals surface area (Å²) in [6.45, 7) is 0. The predicted molar refractivity (Wildman–Crippen MR) is 73.4 cm³/mol. The fourth-order valence-corrected chi connectivity index (χ4v) is 3.63. The van der Waals surface area contributed by atoms with Crippen LogP contribution in [0.5, 0.6) is 0 Å². The molecule has 0 aliphatic carbocycles. The molecule has 1 rings (SSSR count). The lowest BCUT2D eigenvalue weighted by Gasteiger charge is -2.15. The highest BCUT2D eigenvalue weighted by molar-refractivity contribution is 14.1. The van der Waals surface area contributed by atoms with Crippen molar-refractivity contribution in [2.24, 2.45) is 0 Å². The van der Waals surface area contributed by atoms with E-state index in [-0.39, 0.29) is 16.4 Å². The number of rotatable bonds is 3. The first-order chi connectivity index (χ1) is 7.81. The van der Waals surface area contributed by atoms with Crippen LogP contribution in [0.4, 0.5) is 0 Å². The highest BCUT2D eigenvalue weighted by Gasteiger charge is 2.24. The van der Waals surface area contributed by atoms with Gasteiger partial charge in [0, 0.05) is 17.7 Å². The summed E-state index contributed by atoms with van der Waals surface area (Å²) >= 11 is 1.90. The van der Waals surface area contributed by atoms with E-state index >= 15 is 0 Å². The maximum absolute atomic E-state index is 11.9. The number of nitrogens with one attached hydrogen (secondary N) is 1. The Morgan fingerprint density at radius 2 is 1.94 bits per heavy atom. The Kier molecular flexibility index (Phi) is 4.50. The zero-order valence-electron chi connectivity index (χ0n) is 9.69. The molecule has 0 heterocycles. The molecular weight excluding hydrogens is 355 g/mol. The molecule has 17 heavy (non-hydrogen) atoms. The number of hydrogen-bond donors (Lipinski definition) is 1. The first-order valence-electron chi connectivity index (χ1n) is 4.75. The molecule has 5 nitrogen and oxygen atoms in total. The topological polar surface area (TPSA) is 66.5 Å². The molecule has 0 aliphatic heterocycles. The molecule has 0 bridgehead atoms. The van der Waals surface area contributed by atoms with Crippen molar-refractivity contribution in [3.05, 3.63) is 27.3 Å². The monoisotopic (exact) mass is 368 g/mol. The van der Waals surface area contributed by atoms with E-state index in [0.717, 1.165) is 0 Å². The third-order valence-electron chi connectivity index (χ3n) is 2.14. The van der Waals surface area contributed by atoms with Crippen LogP contribution in [0.3, 0.4) is 0 Å². The lowest BCUT2D eigenvalue weighted by molar-refractivity contribution is 0.0823. The van der Waals surface area contributed by atoms with E-state index in [1.165, 1.54) is 18.0 Å². The molecule has 1 amide bonds. The van der Waals surface area contributed by atoms with Crippen LogP contribution >= 0.6 is 22.6 Å². The van der Waals surface area contributed by atoms with Gasteiger partial charge in [-0.25, -0.2) is 13.1 Å². The van der Waals surface area contributed by atoms with Crippen molar-refractivity contribution in [3.8, 4) is 0 Å². The Hall–Kier alpha value is -0.670. The van der Waals surface area contributed by atoms with Crippen LogP contribution in [0, 0.1) is 3.57 Å². The molecule has 1 aromatic carbocycles. The lowest BCUT2D eigenvalue weighted by atomic mass is 10.2. The zero-order valence-corrected chi connectivity index (χ0v) is 12.7. The van der Waals surface area contributed by atoms with Crippen LogP contribution in [-0.2, 0) is 10.0 Å². The Bertz CT molecular complexity index is 540. The van der Waals surface area contributed by atoms with Gasteiger partial charge in [0.1, 0.15) is 4.90 Å². The largest absolute Gasteiger partial charge is 0.345 e. The van der Waals surface area contributed by atoms with Crippen LogP contribution in [-0.4, -0.2) is 40.4 Å². The number of hydrogen-bond acceptors (Lipinski definition) is 3. The van der Waals surface area contributed by atoms with Crippen LogP contribution < -0.4 is 4.72 Å². The van der Waals surface area contributed by atoms with Gasteiger partial charge in [-0.2, -0.15) is 0 Å². The lowest BCUT2D eigenvalue weighted by Crippen LogP contribution is -2.27. The smallest absolute Gasteiger partial charge is 0.254 e. The fraction of sp³-hybridized carbons (Fsp3) is 0.300. The molecule has 7 heteroatoms. The van der Waals surface area contributed by atoms with Gasteiger partial charge in [-0.15, -0.1) is 0 Å². The summed E-state index contributed by atoms with van der Waals surface area (Å²) in [7, 11) is 0.841. The fourth-order valence-electron chi connectivity index (χ4n) is 1.29. The summed E-state index contributed by atoms with van der Waals surface area (Å²) in [6, 6.07) is 4.82. The van der Waals surface area contributed by atoms with E-state index in [0.29, 0.717) is 3.57 Å². The number of sulfonamides is 1. The Labute approximate surface area is 114 Å². The number of nitrogens with zero attached hydrogens (tertiary/aromatic N) is 1. The quantitative estimate of drug-likeness (QED) is 0.807. The summed E-state index contributed by atoms with van der Waals surface area (Å²) in [4.78, 5) is 13.3. The van der Waals surface area contributed by atoms with E-state index in [1.807, 2.05) is 22.6 Å². The number of halogens is 1. The summed E-state index contributed by atoms with van der Waals surface area (Å²) in [5.41, 5.74) is 0.177. The standard InChI is InChI=1S/C10H13IN2O3S/c1-12-17(15,16)9-7(10(14)13(2)3)5-4-6-8(9)11/h4-6,12H,1-3H3. The van der Waals surface area contributed by atoms with Crippen molar-refractivity contribution in [3.63, 3.8) is 0 Å². The minimum Gasteiger partial charge on any atom is -0.345 e. The Morgan fingerprint density at radius 1 is 1.35 bits per heavy atom. The van der Waals surface area contributed by atoms with E-state index in [4.69, 9.17) is 0 Å². The predicted octanol–water partition coefficient (Wildman–Crippen LogP) is 0.901. The van der Waals surface area contributed by atoms with Gasteiger partial charge in [0.05, 0.1) is 5.56 Å². The summed E-state index contributed by atoms with van der Waals surface area (Å²) < 4.78 is 26.5. The first kappa shape index (κ1) is 14.4. The van der Waals surface area contributed by atoms with Crippen molar-refractivity contribution in [2.45, 2.75) is 4.90 Å². The molecule has 0 saturated heterocycles. The van der Waals surface area contributed by atoms with Gasteiger partial charge < -0.3 is 4.90 Å². The molecule has 94 valence electrons. The minimum absolute atomic E-state index is 0.0294. The van der Waals surface area contributed by atoms with Gasteiger partial charge in [-0.1, -0.05) is 6.07 Å². The average molecular weight is 368 g/mol. The van der Waals surface area contributed by atoms with Crippen LogP contribution in [0.1, 0.15) is 10.4 Å². The molecule has 0 unspecified atom stereocenters. The Morgan fingerprint density at radius 3 is 2.41 bits per heavy atom. The van der Waals surface area contributed by atoms with Crippen molar-refractivity contribution >= 4 is 38.5 Å². The van der Waals surface area contributed by atoms with Crippen molar-refractivity contribution in [1.82, 2.24) is 9.62 Å². The second kappa shape index (κ2) is 5.32. The van der Waals surface area contributed by atoms with Gasteiger partial charge in [0.2, 0.25) is 10.0 Å². The van der Waals surface area contributed by atoms with Crippen LogP contribution in [0.15, 0.2) is 23.1 Å². The summed E-state index contributed by atoms with van der Waals surface area (Å²) in [6.07, 6.45) is 0. The van der Waals surface area contributed by atoms with E-state index in [9.17, 15) is 13.2 Å². The van der Waals surface area contributed by atoms with Gasteiger partial charge in [-0.3, -0.25) is 4.79 Å². The normalized spacial score (nSPS) is 11.3. The van der Waals surface area contributed by atoms with Crippen molar-refractivity contribution in [1.29, 1.82) is 0 Å². The van der Waals surface area contributed by atoms with Crippen LogP contribution in [0.2, 0.25) is 0 Å². The summed E-state index contributed by atoms with van der Waals surface area (Å²) in [5.74, 6) is -0.336. The first-order valence-corrected chi connectivity index (χ1v) is 7.31. The van der Waals surface area contributed by atoms with Crippen molar-refractivity contribution < 1.29 is 13.2 Å². The molecule has 1 N–H and O–H groups in total. The van der Waals surface area contributed by atoms with Crippen LogP contribution in [0.25, 0.3) is 0 Å². The highest BCUT2D eigenvalue weighted by Crippen LogP contribution is 2.23. The second-order valence-corrected chi connectivity index (χ2v) is 6.51. The van der Waals surface area contributed by atoms with Gasteiger partial charge in [-0.05, 0) is 41.8 Å².